The standard InChI is InChI=1S/C28H34N4O/c1-20-11-13-23(14-12-20)27-29-26(25-10-5-4-6-15-32(25)27)28(33)30-16-17-31(22(3)19-30)24-9-7-8-21(2)18-24/h7-9,11-14,18,22H,4-6,10,15-17,19H2,1-3H3/t22-/m0/s1. The Morgan fingerprint density at radius 2 is 1.76 bits per heavy atom. The van der Waals surface area contributed by atoms with Gasteiger partial charge in [-0.3, -0.25) is 4.79 Å². The van der Waals surface area contributed by atoms with E-state index in [1.807, 2.05) is 4.90 Å². The van der Waals surface area contributed by atoms with Crippen molar-refractivity contribution in [3.8, 4) is 11.4 Å². The molecule has 0 bridgehead atoms. The third-order valence-electron chi connectivity index (χ3n) is 7.13. The topological polar surface area (TPSA) is 41.4 Å². The van der Waals surface area contributed by atoms with Crippen molar-refractivity contribution >= 4 is 11.6 Å². The Morgan fingerprint density at radius 1 is 0.939 bits per heavy atom. The number of fused-ring (bicyclic) bond motifs is 1. The van der Waals surface area contributed by atoms with Crippen LogP contribution in [0.1, 0.15) is 53.5 Å². The molecule has 0 saturated carbocycles. The first-order chi connectivity index (χ1) is 16.0. The van der Waals surface area contributed by atoms with Crippen LogP contribution in [-0.4, -0.2) is 46.0 Å². The van der Waals surface area contributed by atoms with E-state index in [-0.39, 0.29) is 11.9 Å². The fraction of sp³-hybridized carbons (Fsp3) is 0.429. The average Bonchev–Trinajstić information content (AvgIpc) is 2.99. The molecule has 1 saturated heterocycles. The highest BCUT2D eigenvalue weighted by Crippen LogP contribution is 2.29. The van der Waals surface area contributed by atoms with E-state index in [1.54, 1.807) is 0 Å². The van der Waals surface area contributed by atoms with Crippen molar-refractivity contribution in [3.63, 3.8) is 0 Å². The maximum Gasteiger partial charge on any atom is 0.274 e. The van der Waals surface area contributed by atoms with E-state index >= 15 is 0 Å². The van der Waals surface area contributed by atoms with Crippen LogP contribution < -0.4 is 4.90 Å². The Labute approximate surface area is 197 Å². The summed E-state index contributed by atoms with van der Waals surface area (Å²) in [4.78, 5) is 23.2. The average molecular weight is 443 g/mol. The van der Waals surface area contributed by atoms with Gasteiger partial charge in [-0.15, -0.1) is 0 Å². The molecule has 0 spiro atoms. The van der Waals surface area contributed by atoms with Crippen molar-refractivity contribution in [1.29, 1.82) is 0 Å². The lowest BCUT2D eigenvalue weighted by Crippen LogP contribution is -2.54. The molecule has 1 atom stereocenters. The summed E-state index contributed by atoms with van der Waals surface area (Å²) in [6, 6.07) is 17.4. The second-order valence-corrected chi connectivity index (χ2v) is 9.69. The van der Waals surface area contributed by atoms with Gasteiger partial charge in [0.2, 0.25) is 0 Å². The predicted octanol–water partition coefficient (Wildman–Crippen LogP) is 5.24. The molecule has 0 N–H and O–H groups in total. The summed E-state index contributed by atoms with van der Waals surface area (Å²) in [5.41, 5.74) is 6.64. The number of hydrogen-bond donors (Lipinski definition) is 0. The van der Waals surface area contributed by atoms with Crippen molar-refractivity contribution in [2.45, 2.75) is 59.0 Å². The van der Waals surface area contributed by atoms with Gasteiger partial charge in [0.15, 0.2) is 0 Å². The predicted molar refractivity (Wildman–Crippen MR) is 134 cm³/mol. The van der Waals surface area contributed by atoms with Gasteiger partial charge in [0.1, 0.15) is 11.5 Å². The molecule has 2 aliphatic rings. The summed E-state index contributed by atoms with van der Waals surface area (Å²) < 4.78 is 2.32. The van der Waals surface area contributed by atoms with Crippen molar-refractivity contribution in [2.75, 3.05) is 24.5 Å². The number of aryl methyl sites for hydroxylation is 2. The molecule has 3 aromatic rings. The highest BCUT2D eigenvalue weighted by atomic mass is 16.2. The molecule has 5 rings (SSSR count). The van der Waals surface area contributed by atoms with Gasteiger partial charge in [-0.1, -0.05) is 48.4 Å². The molecule has 33 heavy (non-hydrogen) atoms. The number of hydrogen-bond acceptors (Lipinski definition) is 3. The van der Waals surface area contributed by atoms with E-state index < -0.39 is 0 Å². The highest BCUT2D eigenvalue weighted by molar-refractivity contribution is 5.94. The second-order valence-electron chi connectivity index (χ2n) is 9.69. The van der Waals surface area contributed by atoms with Crippen LogP contribution in [0.3, 0.4) is 0 Å². The molecule has 2 aliphatic heterocycles. The van der Waals surface area contributed by atoms with Crippen LogP contribution in [0.4, 0.5) is 5.69 Å². The van der Waals surface area contributed by atoms with Gasteiger partial charge in [0, 0.05) is 43.5 Å². The summed E-state index contributed by atoms with van der Waals surface area (Å²) in [5, 5.41) is 0. The Hall–Kier alpha value is -3.08. The van der Waals surface area contributed by atoms with Gasteiger partial charge < -0.3 is 14.4 Å². The summed E-state index contributed by atoms with van der Waals surface area (Å²) in [6.45, 7) is 9.68. The molecule has 1 fully saturated rings. The number of imidazole rings is 1. The number of piperazine rings is 1. The van der Waals surface area contributed by atoms with Crippen molar-refractivity contribution in [3.05, 3.63) is 71.0 Å². The zero-order valence-corrected chi connectivity index (χ0v) is 20.1. The smallest absolute Gasteiger partial charge is 0.274 e. The maximum atomic E-state index is 13.8. The van der Waals surface area contributed by atoms with E-state index in [2.05, 4.69) is 78.8 Å². The monoisotopic (exact) mass is 442 g/mol. The van der Waals surface area contributed by atoms with Gasteiger partial charge >= 0.3 is 0 Å². The Morgan fingerprint density at radius 3 is 2.52 bits per heavy atom. The number of aromatic nitrogens is 2. The van der Waals surface area contributed by atoms with E-state index in [0.29, 0.717) is 5.69 Å². The molecule has 0 radical (unpaired) electrons. The summed E-state index contributed by atoms with van der Waals surface area (Å²) in [7, 11) is 0. The molecule has 172 valence electrons. The third kappa shape index (κ3) is 4.29. The molecule has 5 nitrogen and oxygen atoms in total. The lowest BCUT2D eigenvalue weighted by atomic mass is 10.1. The molecule has 0 aliphatic carbocycles. The molecule has 0 unspecified atom stereocenters. The molecular weight excluding hydrogens is 408 g/mol. The van der Waals surface area contributed by atoms with Crippen LogP contribution in [0.25, 0.3) is 11.4 Å². The first-order valence-electron chi connectivity index (χ1n) is 12.3. The minimum atomic E-state index is 0.0924. The number of anilines is 1. The van der Waals surface area contributed by atoms with Crippen molar-refractivity contribution < 1.29 is 4.79 Å². The van der Waals surface area contributed by atoms with Gasteiger partial charge in [-0.2, -0.15) is 0 Å². The Kier molecular flexibility index (Phi) is 5.96. The normalized spacial score (nSPS) is 18.7. The quantitative estimate of drug-likeness (QED) is 0.557. The Bertz CT molecular complexity index is 1150. The molecule has 1 aromatic heterocycles. The SMILES string of the molecule is Cc1ccc(-c2nc(C(=O)N3CCN(c4cccc(C)c4)[C@@H](C)C3)c3n2CCCCC3)cc1. The van der Waals surface area contributed by atoms with E-state index in [9.17, 15) is 4.79 Å². The summed E-state index contributed by atoms with van der Waals surface area (Å²) >= 11 is 0. The van der Waals surface area contributed by atoms with Gasteiger partial charge in [-0.25, -0.2) is 4.98 Å². The summed E-state index contributed by atoms with van der Waals surface area (Å²) in [5.74, 6) is 1.04. The minimum Gasteiger partial charge on any atom is -0.365 e. The maximum absolute atomic E-state index is 13.8. The molecular formula is C28H34N4O. The second kappa shape index (κ2) is 9.05. The number of nitrogens with zero attached hydrogens (tertiary/aromatic N) is 4. The number of amides is 1. The van der Waals surface area contributed by atoms with Gasteiger partial charge in [0.05, 0.1) is 5.69 Å². The zero-order valence-electron chi connectivity index (χ0n) is 20.1. The number of rotatable bonds is 3. The zero-order chi connectivity index (χ0) is 22.9. The fourth-order valence-corrected chi connectivity index (χ4v) is 5.30. The minimum absolute atomic E-state index is 0.0924. The molecule has 1 amide bonds. The van der Waals surface area contributed by atoms with Crippen LogP contribution in [-0.2, 0) is 13.0 Å². The van der Waals surface area contributed by atoms with Crippen LogP contribution >= 0.6 is 0 Å². The van der Waals surface area contributed by atoms with E-state index in [1.165, 1.54) is 23.2 Å². The number of carbonyl (C=O) groups excluding carboxylic acids is 1. The Balaban J connectivity index is 1.42. The van der Waals surface area contributed by atoms with Gasteiger partial charge in [0.25, 0.3) is 5.91 Å². The lowest BCUT2D eigenvalue weighted by Gasteiger charge is -2.41. The summed E-state index contributed by atoms with van der Waals surface area (Å²) in [6.07, 6.45) is 4.40. The van der Waals surface area contributed by atoms with Crippen LogP contribution in [0.5, 0.6) is 0 Å². The first kappa shape index (κ1) is 21.7. The fourth-order valence-electron chi connectivity index (χ4n) is 5.30. The lowest BCUT2D eigenvalue weighted by molar-refractivity contribution is 0.0719. The van der Waals surface area contributed by atoms with Crippen LogP contribution in [0.15, 0.2) is 48.5 Å². The van der Waals surface area contributed by atoms with E-state index in [0.717, 1.165) is 62.5 Å². The first-order valence-corrected chi connectivity index (χ1v) is 12.3. The van der Waals surface area contributed by atoms with Crippen LogP contribution in [0, 0.1) is 13.8 Å². The number of carbonyl (C=O) groups is 1. The van der Waals surface area contributed by atoms with E-state index in [4.69, 9.17) is 4.98 Å². The van der Waals surface area contributed by atoms with Crippen LogP contribution in [0.2, 0.25) is 0 Å². The molecule has 3 heterocycles. The molecule has 2 aromatic carbocycles. The highest BCUT2D eigenvalue weighted by Gasteiger charge is 2.32. The molecule has 5 heteroatoms. The van der Waals surface area contributed by atoms with Gasteiger partial charge in [-0.05, 0) is 57.7 Å². The third-order valence-corrected chi connectivity index (χ3v) is 7.13. The van der Waals surface area contributed by atoms with Crippen molar-refractivity contribution in [2.24, 2.45) is 0 Å². The largest absolute Gasteiger partial charge is 0.365 e. The van der Waals surface area contributed by atoms with Crippen molar-refractivity contribution in [1.82, 2.24) is 14.5 Å². The number of benzene rings is 2.